The van der Waals surface area contributed by atoms with Gasteiger partial charge in [0, 0.05) is 13.1 Å². The number of aryl methyl sites for hydroxylation is 1. The van der Waals surface area contributed by atoms with E-state index in [0.717, 1.165) is 11.1 Å². The zero-order chi connectivity index (χ0) is 14.0. The highest BCUT2D eigenvalue weighted by Gasteiger charge is 2.33. The maximum Gasteiger partial charge on any atom is 0.308 e. The molecule has 0 spiro atoms. The van der Waals surface area contributed by atoms with Crippen LogP contribution in [-0.4, -0.2) is 35.0 Å². The highest BCUT2D eigenvalue weighted by atomic mass is 16.4. The quantitative estimate of drug-likeness (QED) is 0.848. The molecule has 3 N–H and O–H groups in total. The molecule has 2 unspecified atom stereocenters. The Morgan fingerprint density at radius 1 is 1.37 bits per heavy atom. The van der Waals surface area contributed by atoms with Crippen molar-refractivity contribution in [3.05, 3.63) is 35.4 Å². The molecule has 1 aliphatic rings. The lowest BCUT2D eigenvalue weighted by Gasteiger charge is -2.20. The van der Waals surface area contributed by atoms with Gasteiger partial charge in [-0.25, -0.2) is 0 Å². The minimum absolute atomic E-state index is 0.201. The molecule has 102 valence electrons. The second-order valence-electron chi connectivity index (χ2n) is 5.00. The van der Waals surface area contributed by atoms with Gasteiger partial charge in [-0.2, -0.15) is 0 Å². The lowest BCUT2D eigenvalue weighted by atomic mass is 10.0. The van der Waals surface area contributed by atoms with Crippen molar-refractivity contribution in [2.45, 2.75) is 19.4 Å². The first kappa shape index (κ1) is 13.5. The van der Waals surface area contributed by atoms with Crippen molar-refractivity contribution in [3.8, 4) is 0 Å². The number of hydrogen-bond acceptors (Lipinski definition) is 3. The lowest BCUT2D eigenvalue weighted by molar-refractivity contribution is -0.141. The summed E-state index contributed by atoms with van der Waals surface area (Å²) in [5, 5.41) is 8.93. The van der Waals surface area contributed by atoms with E-state index in [4.69, 9.17) is 10.8 Å². The highest BCUT2D eigenvalue weighted by Crippen LogP contribution is 2.21. The van der Waals surface area contributed by atoms with E-state index >= 15 is 0 Å². The normalized spacial score (nSPS) is 20.3. The van der Waals surface area contributed by atoms with Gasteiger partial charge in [-0.05, 0) is 18.9 Å². The number of likely N-dealkylation sites (tertiary alicyclic amines) is 1. The summed E-state index contributed by atoms with van der Waals surface area (Å²) in [7, 11) is 0. The molecule has 2 atom stereocenters. The smallest absolute Gasteiger partial charge is 0.308 e. The van der Waals surface area contributed by atoms with E-state index in [1.54, 1.807) is 4.90 Å². The number of aliphatic carboxylic acids is 1. The first-order valence-corrected chi connectivity index (χ1v) is 6.33. The number of carboxylic acid groups (broad SMARTS) is 1. The molecule has 1 aliphatic heterocycles. The average Bonchev–Trinajstić information content (AvgIpc) is 2.87. The third kappa shape index (κ3) is 2.93. The van der Waals surface area contributed by atoms with Crippen molar-refractivity contribution in [1.82, 2.24) is 4.90 Å². The summed E-state index contributed by atoms with van der Waals surface area (Å²) < 4.78 is 0. The zero-order valence-electron chi connectivity index (χ0n) is 10.9. The van der Waals surface area contributed by atoms with Gasteiger partial charge in [-0.3, -0.25) is 9.59 Å². The molecular weight excluding hydrogens is 244 g/mol. The van der Waals surface area contributed by atoms with Crippen LogP contribution in [0.25, 0.3) is 0 Å². The number of rotatable bonds is 3. The van der Waals surface area contributed by atoms with E-state index < -0.39 is 17.9 Å². The Kier molecular flexibility index (Phi) is 3.85. The van der Waals surface area contributed by atoms with Gasteiger partial charge in [0.2, 0.25) is 5.91 Å². The van der Waals surface area contributed by atoms with Crippen molar-refractivity contribution in [3.63, 3.8) is 0 Å². The summed E-state index contributed by atoms with van der Waals surface area (Å²) in [6.07, 6.45) is 0.502. The predicted octanol–water partition coefficient (Wildman–Crippen LogP) is 0.928. The highest BCUT2D eigenvalue weighted by molar-refractivity contribution is 5.84. The Bertz CT molecular complexity index is 484. The van der Waals surface area contributed by atoms with Crippen LogP contribution in [0, 0.1) is 12.8 Å². The minimum atomic E-state index is -0.848. The van der Waals surface area contributed by atoms with Gasteiger partial charge in [-0.15, -0.1) is 0 Å². The van der Waals surface area contributed by atoms with E-state index in [2.05, 4.69) is 0 Å². The second kappa shape index (κ2) is 5.40. The van der Waals surface area contributed by atoms with Crippen LogP contribution in [0.4, 0.5) is 0 Å². The molecule has 19 heavy (non-hydrogen) atoms. The SMILES string of the molecule is Cc1ccc(C(N)C(=O)N2CCC(C(=O)O)C2)cc1. The number of benzene rings is 1. The Hall–Kier alpha value is -1.88. The van der Waals surface area contributed by atoms with Gasteiger partial charge in [0.25, 0.3) is 0 Å². The van der Waals surface area contributed by atoms with Crippen molar-refractivity contribution in [2.24, 2.45) is 11.7 Å². The van der Waals surface area contributed by atoms with E-state index in [1.807, 2.05) is 31.2 Å². The van der Waals surface area contributed by atoms with Crippen LogP contribution in [0.2, 0.25) is 0 Å². The number of nitrogens with zero attached hydrogens (tertiary/aromatic N) is 1. The summed E-state index contributed by atoms with van der Waals surface area (Å²) in [5.41, 5.74) is 7.82. The number of nitrogens with two attached hydrogens (primary N) is 1. The van der Waals surface area contributed by atoms with Crippen LogP contribution in [0.3, 0.4) is 0 Å². The van der Waals surface area contributed by atoms with Crippen LogP contribution >= 0.6 is 0 Å². The van der Waals surface area contributed by atoms with Crippen LogP contribution in [-0.2, 0) is 9.59 Å². The minimum Gasteiger partial charge on any atom is -0.481 e. The molecule has 1 amide bonds. The largest absolute Gasteiger partial charge is 0.481 e. The number of hydrogen-bond donors (Lipinski definition) is 2. The molecular formula is C14H18N2O3. The van der Waals surface area contributed by atoms with Crippen LogP contribution < -0.4 is 5.73 Å². The van der Waals surface area contributed by atoms with E-state index in [9.17, 15) is 9.59 Å². The summed E-state index contributed by atoms with van der Waals surface area (Å²) in [6.45, 7) is 2.69. The molecule has 1 aromatic carbocycles. The fraction of sp³-hybridized carbons (Fsp3) is 0.429. The Morgan fingerprint density at radius 2 is 2.00 bits per heavy atom. The summed E-state index contributed by atoms with van der Waals surface area (Å²) >= 11 is 0. The molecule has 0 saturated carbocycles. The topological polar surface area (TPSA) is 83.6 Å². The van der Waals surface area contributed by atoms with Gasteiger partial charge in [0.1, 0.15) is 6.04 Å². The number of carboxylic acids is 1. The van der Waals surface area contributed by atoms with Crippen LogP contribution in [0.15, 0.2) is 24.3 Å². The molecule has 1 fully saturated rings. The molecule has 1 aromatic rings. The predicted molar refractivity (Wildman–Crippen MR) is 70.4 cm³/mol. The molecule has 5 heteroatoms. The zero-order valence-corrected chi connectivity index (χ0v) is 10.9. The van der Waals surface area contributed by atoms with Gasteiger partial charge in [-0.1, -0.05) is 29.8 Å². The lowest BCUT2D eigenvalue weighted by Crippen LogP contribution is -2.37. The standard InChI is InChI=1S/C14H18N2O3/c1-9-2-4-10(5-3-9)12(15)13(17)16-7-6-11(8-16)14(18)19/h2-5,11-12H,6-8,15H2,1H3,(H,18,19). The Morgan fingerprint density at radius 3 is 2.53 bits per heavy atom. The van der Waals surface area contributed by atoms with Crippen molar-refractivity contribution in [2.75, 3.05) is 13.1 Å². The molecule has 0 aliphatic carbocycles. The summed E-state index contributed by atoms with van der Waals surface area (Å²) in [4.78, 5) is 24.6. The fourth-order valence-corrected chi connectivity index (χ4v) is 2.28. The molecule has 2 rings (SSSR count). The van der Waals surface area contributed by atoms with Gasteiger partial charge < -0.3 is 15.7 Å². The fourth-order valence-electron chi connectivity index (χ4n) is 2.28. The molecule has 5 nitrogen and oxygen atoms in total. The number of amides is 1. The van der Waals surface area contributed by atoms with Crippen molar-refractivity contribution >= 4 is 11.9 Å². The van der Waals surface area contributed by atoms with Gasteiger partial charge >= 0.3 is 5.97 Å². The maximum absolute atomic E-state index is 12.2. The number of carbonyl (C=O) groups is 2. The third-order valence-electron chi connectivity index (χ3n) is 3.55. The number of carbonyl (C=O) groups excluding carboxylic acids is 1. The molecule has 0 bridgehead atoms. The van der Waals surface area contributed by atoms with E-state index in [1.165, 1.54) is 0 Å². The van der Waals surface area contributed by atoms with Crippen molar-refractivity contribution in [1.29, 1.82) is 0 Å². The Labute approximate surface area is 112 Å². The summed E-state index contributed by atoms with van der Waals surface area (Å²) in [5.74, 6) is -1.51. The van der Waals surface area contributed by atoms with Crippen LogP contribution in [0.1, 0.15) is 23.6 Å². The first-order chi connectivity index (χ1) is 8.99. The Balaban J connectivity index is 2.04. The summed E-state index contributed by atoms with van der Waals surface area (Å²) in [6, 6.07) is 6.78. The molecule has 0 aromatic heterocycles. The van der Waals surface area contributed by atoms with E-state index in [0.29, 0.717) is 13.0 Å². The third-order valence-corrected chi connectivity index (χ3v) is 3.55. The van der Waals surface area contributed by atoms with Crippen LogP contribution in [0.5, 0.6) is 0 Å². The molecule has 1 heterocycles. The molecule has 1 saturated heterocycles. The first-order valence-electron chi connectivity index (χ1n) is 6.33. The molecule has 0 radical (unpaired) electrons. The monoisotopic (exact) mass is 262 g/mol. The maximum atomic E-state index is 12.2. The van der Waals surface area contributed by atoms with Gasteiger partial charge in [0.05, 0.1) is 5.92 Å². The van der Waals surface area contributed by atoms with Crippen molar-refractivity contribution < 1.29 is 14.7 Å². The van der Waals surface area contributed by atoms with E-state index in [-0.39, 0.29) is 12.5 Å². The van der Waals surface area contributed by atoms with Gasteiger partial charge in [0.15, 0.2) is 0 Å². The average molecular weight is 262 g/mol. The second-order valence-corrected chi connectivity index (χ2v) is 5.00.